The molecule has 2 heterocycles. The lowest BCUT2D eigenvalue weighted by Crippen LogP contribution is -2.22. The first-order chi connectivity index (χ1) is 16.2. The molecule has 196 valence electrons. The van der Waals surface area contributed by atoms with E-state index in [2.05, 4.69) is 47.8 Å². The molecule has 2 aromatic carbocycles. The lowest BCUT2D eigenvalue weighted by molar-refractivity contribution is -0.0446. The molecule has 4 rings (SSSR count). The average Bonchev–Trinajstić information content (AvgIpc) is 3.44. The molecule has 2 saturated heterocycles. The highest BCUT2D eigenvalue weighted by molar-refractivity contribution is 9.14. The minimum atomic E-state index is -1.36. The minimum Gasteiger partial charge on any atom is -0.346 e. The largest absolute Gasteiger partial charge is 0.346 e. The molecule has 0 spiro atoms. The Labute approximate surface area is 243 Å². The molecule has 0 unspecified atom stereocenters. The maximum absolute atomic E-state index is 13.1. The van der Waals surface area contributed by atoms with Crippen molar-refractivity contribution < 1.29 is 36.5 Å². The predicted octanol–water partition coefficient (Wildman–Crippen LogP) is 8.82. The topological polar surface area (TPSA) is 36.9 Å². The Morgan fingerprint density at radius 3 is 1.26 bits per heavy atom. The quantitative estimate of drug-likeness (QED) is 0.178. The van der Waals surface area contributed by atoms with Crippen LogP contribution in [0.1, 0.15) is 23.7 Å². The lowest BCUT2D eigenvalue weighted by Gasteiger charge is -2.20. The van der Waals surface area contributed by atoms with Gasteiger partial charge in [-0.15, -0.1) is 0 Å². The molecular weight excluding hydrogens is 762 g/mol. The Bertz CT molecular complexity index is 929. The summed E-state index contributed by atoms with van der Waals surface area (Å²) in [4.78, 5) is 0. The van der Waals surface area contributed by atoms with Gasteiger partial charge in [-0.05, 0) is 72.1 Å². The van der Waals surface area contributed by atoms with E-state index in [4.69, 9.17) is 65.4 Å². The molecule has 15 heteroatoms. The highest BCUT2D eigenvalue weighted by Gasteiger charge is 2.42. The van der Waals surface area contributed by atoms with Crippen molar-refractivity contribution in [2.45, 2.75) is 19.1 Å². The zero-order valence-electron chi connectivity index (χ0n) is 17.2. The molecule has 0 aliphatic carbocycles. The number of rotatable bonds is 3. The van der Waals surface area contributed by atoms with Crippen LogP contribution in [0.2, 0.25) is 0 Å². The van der Waals surface area contributed by atoms with E-state index in [1.165, 1.54) is 24.3 Å². The molecule has 0 bridgehead atoms. The van der Waals surface area contributed by atoms with E-state index in [0.717, 1.165) is 6.07 Å². The molecule has 35 heavy (non-hydrogen) atoms. The minimum absolute atomic E-state index is 0.167. The van der Waals surface area contributed by atoms with Crippen molar-refractivity contribution in [1.29, 1.82) is 0 Å². The third kappa shape index (κ3) is 10.4. The normalized spacial score (nSPS) is 17.0. The van der Waals surface area contributed by atoms with Crippen LogP contribution in [-0.4, -0.2) is 32.9 Å². The molecule has 0 aromatic heterocycles. The van der Waals surface area contributed by atoms with E-state index in [-0.39, 0.29) is 4.47 Å². The Hall–Kier alpha value is 0.600. The van der Waals surface area contributed by atoms with Crippen LogP contribution in [0.25, 0.3) is 0 Å². The fourth-order valence-electron chi connectivity index (χ4n) is 2.52. The molecular formula is C20H15Br3Cl4F4O4. The van der Waals surface area contributed by atoms with E-state index in [9.17, 15) is 17.6 Å². The summed E-state index contributed by atoms with van der Waals surface area (Å²) in [7, 11) is 0. The second-order valence-corrected chi connectivity index (χ2v) is 14.3. The van der Waals surface area contributed by atoms with E-state index >= 15 is 0 Å². The van der Waals surface area contributed by atoms with Gasteiger partial charge >= 0.3 is 0 Å². The van der Waals surface area contributed by atoms with Crippen molar-refractivity contribution in [3.8, 4) is 0 Å². The summed E-state index contributed by atoms with van der Waals surface area (Å²) in [6, 6.07) is 5.63. The fraction of sp³-hybridized carbons (Fsp3) is 0.400. The van der Waals surface area contributed by atoms with Gasteiger partial charge in [0.1, 0.15) is 23.3 Å². The van der Waals surface area contributed by atoms with Crippen molar-refractivity contribution in [3.05, 3.63) is 69.2 Å². The number of ether oxygens (including phenoxy) is 4. The van der Waals surface area contributed by atoms with Crippen molar-refractivity contribution in [2.75, 3.05) is 26.4 Å². The number of hydrogen-bond acceptors (Lipinski definition) is 4. The van der Waals surface area contributed by atoms with E-state index in [1.54, 1.807) is 0 Å². The molecule has 2 aliphatic heterocycles. The second-order valence-electron chi connectivity index (χ2n) is 6.64. The van der Waals surface area contributed by atoms with Gasteiger partial charge in [0.2, 0.25) is 6.49 Å². The molecule has 0 atom stereocenters. The van der Waals surface area contributed by atoms with Gasteiger partial charge in [-0.1, -0.05) is 46.4 Å². The van der Waals surface area contributed by atoms with Crippen molar-refractivity contribution in [2.24, 2.45) is 0 Å². The molecule has 2 aromatic rings. The molecule has 2 aliphatic rings. The van der Waals surface area contributed by atoms with Gasteiger partial charge in [-0.25, -0.2) is 17.6 Å². The number of halogens is 11. The van der Waals surface area contributed by atoms with Crippen LogP contribution in [0.3, 0.4) is 0 Å². The summed E-state index contributed by atoms with van der Waals surface area (Å²) < 4.78 is 69.2. The van der Waals surface area contributed by atoms with Crippen LogP contribution in [0.5, 0.6) is 0 Å². The van der Waals surface area contributed by atoms with Gasteiger partial charge in [0.25, 0.3) is 0 Å². The zero-order chi connectivity index (χ0) is 26.4. The van der Waals surface area contributed by atoms with Crippen LogP contribution < -0.4 is 0 Å². The van der Waals surface area contributed by atoms with Gasteiger partial charge in [-0.3, -0.25) is 0 Å². The van der Waals surface area contributed by atoms with Crippen LogP contribution >= 0.6 is 94.2 Å². The summed E-state index contributed by atoms with van der Waals surface area (Å²) in [6.45, 7) is 1.82. The first kappa shape index (κ1) is 31.8. The van der Waals surface area contributed by atoms with Crippen LogP contribution in [-0.2, 0) is 18.9 Å². The van der Waals surface area contributed by atoms with Gasteiger partial charge in [0.05, 0.1) is 30.9 Å². The Balaban J connectivity index is 0.000000193. The van der Waals surface area contributed by atoms with Gasteiger partial charge in [0, 0.05) is 17.2 Å². The first-order valence-electron chi connectivity index (χ1n) is 9.39. The molecule has 0 amide bonds. The van der Waals surface area contributed by atoms with Gasteiger partial charge < -0.3 is 18.9 Å². The smallest absolute Gasteiger partial charge is 0.214 e. The molecule has 0 radical (unpaired) electrons. The number of alkyl halides is 6. The summed E-state index contributed by atoms with van der Waals surface area (Å²) in [6.07, 6.45) is -1.27. The second kappa shape index (κ2) is 14.1. The maximum atomic E-state index is 13.1. The van der Waals surface area contributed by atoms with Gasteiger partial charge in [0.15, 0.2) is 12.6 Å². The number of benzene rings is 2. The van der Waals surface area contributed by atoms with E-state index < -0.39 is 42.3 Å². The predicted molar refractivity (Wildman–Crippen MR) is 136 cm³/mol. The third-order valence-corrected chi connectivity index (χ3v) is 8.91. The van der Waals surface area contributed by atoms with Crippen molar-refractivity contribution >= 4 is 94.2 Å². The Morgan fingerprint density at radius 1 is 0.629 bits per heavy atom. The monoisotopic (exact) mass is 772 g/mol. The van der Waals surface area contributed by atoms with Crippen molar-refractivity contribution in [1.82, 2.24) is 0 Å². The van der Waals surface area contributed by atoms with Crippen molar-refractivity contribution in [3.63, 3.8) is 0 Å². The lowest BCUT2D eigenvalue weighted by atomic mass is 10.2. The highest BCUT2D eigenvalue weighted by Crippen LogP contribution is 2.51. The van der Waals surface area contributed by atoms with E-state index in [0.29, 0.717) is 37.6 Å². The van der Waals surface area contributed by atoms with Crippen LogP contribution in [0.15, 0.2) is 34.8 Å². The maximum Gasteiger partial charge on any atom is 0.214 e. The zero-order valence-corrected chi connectivity index (χ0v) is 24.9. The summed E-state index contributed by atoms with van der Waals surface area (Å²) in [5, 5.41) is 0. The molecule has 4 nitrogen and oxygen atoms in total. The van der Waals surface area contributed by atoms with Crippen LogP contribution in [0, 0.1) is 23.3 Å². The first-order valence-corrected chi connectivity index (χ1v) is 13.3. The standard InChI is InChI=1S/C9H7BrF2O2.C9H8F2O2.C2Br2Cl4/c10-8-6(11)3-5(4-7(8)12)9-13-1-2-14-9;10-7-3-6(4-8(11)5-7)9-12-1-2-13-9;3-1(5,6)2(4,7)8/h3-4,9H,1-2H2;3-5,9H,1-2H2;. The molecule has 0 saturated carbocycles. The van der Waals surface area contributed by atoms with E-state index in [1.807, 2.05) is 0 Å². The average molecular weight is 777 g/mol. The highest BCUT2D eigenvalue weighted by atomic mass is 79.9. The molecule has 2 fully saturated rings. The SMILES string of the molecule is ClC(Cl)(Br)C(Cl)(Cl)Br.Fc1cc(C2OCCO2)cc(F)c1Br.Fc1cc(F)cc(C2OCCO2)c1. The van der Waals surface area contributed by atoms with Gasteiger partial charge in [-0.2, -0.15) is 0 Å². The summed E-state index contributed by atoms with van der Waals surface area (Å²) >= 11 is 30.0. The molecule has 0 N–H and O–H groups in total. The third-order valence-electron chi connectivity index (χ3n) is 4.00. The fourth-order valence-corrected chi connectivity index (χ4v) is 2.75. The Kier molecular flexibility index (Phi) is 12.8. The summed E-state index contributed by atoms with van der Waals surface area (Å²) in [5.41, 5.74) is 0.746. The van der Waals surface area contributed by atoms with Crippen LogP contribution in [0.4, 0.5) is 17.6 Å². The summed E-state index contributed by atoms with van der Waals surface area (Å²) in [5.74, 6) is -2.54. The number of hydrogen-bond donors (Lipinski definition) is 0. The Morgan fingerprint density at radius 2 is 0.943 bits per heavy atom.